The molecule has 0 saturated heterocycles. The highest BCUT2D eigenvalue weighted by molar-refractivity contribution is 6.01. The van der Waals surface area contributed by atoms with Crippen LogP contribution in [0.2, 0.25) is 0 Å². The summed E-state index contributed by atoms with van der Waals surface area (Å²) in [5.41, 5.74) is -7.54. The minimum Gasteiger partial charge on any atom is -0.431 e. The van der Waals surface area contributed by atoms with Gasteiger partial charge in [-0.15, -0.1) is 0 Å². The molecule has 10 heteroatoms. The van der Waals surface area contributed by atoms with Gasteiger partial charge in [0.1, 0.15) is 12.3 Å². The number of carbonyl (C=O) groups excluding carboxylic acids is 3. The zero-order valence-corrected chi connectivity index (χ0v) is 22.5. The maximum Gasteiger partial charge on any atom is 0.509 e. The third kappa shape index (κ3) is 3.68. The third-order valence-electron chi connectivity index (χ3n) is 10.1. The monoisotopic (exact) mass is 542 g/mol. The number of aliphatic hydroxyl groups excluding tert-OH is 1. The highest BCUT2D eigenvalue weighted by Gasteiger charge is 2.79. The Kier molecular flexibility index (Phi) is 7.30. The average Bonchev–Trinajstić information content (AvgIpc) is 3.07. The molecule has 3 fully saturated rings. The van der Waals surface area contributed by atoms with Gasteiger partial charge in [0.15, 0.2) is 11.5 Å². The second-order valence-electron chi connectivity index (χ2n) is 11.7. The summed E-state index contributed by atoms with van der Waals surface area (Å²) in [6.45, 7) is 6.82. The molecular weight excluding hydrogens is 505 g/mol. The van der Waals surface area contributed by atoms with Crippen molar-refractivity contribution in [3.63, 3.8) is 0 Å². The molecule has 0 aliphatic heterocycles. The van der Waals surface area contributed by atoms with E-state index >= 15 is 8.78 Å². The number of hydrogen-bond donors (Lipinski definition) is 1. The number of fused-ring (bicyclic) bond motifs is 5. The smallest absolute Gasteiger partial charge is 0.431 e. The summed E-state index contributed by atoms with van der Waals surface area (Å²) in [6.07, 6.45) is -0.992. The molecular formula is C28H37F3O7. The Morgan fingerprint density at radius 3 is 2.45 bits per heavy atom. The second-order valence-corrected chi connectivity index (χ2v) is 11.7. The lowest BCUT2D eigenvalue weighted by Crippen LogP contribution is -2.71. The van der Waals surface area contributed by atoms with Crippen LogP contribution in [0.4, 0.5) is 18.0 Å². The molecule has 38 heavy (non-hydrogen) atoms. The largest absolute Gasteiger partial charge is 0.509 e. The van der Waals surface area contributed by atoms with Crippen molar-refractivity contribution < 1.29 is 46.9 Å². The van der Waals surface area contributed by atoms with Crippen LogP contribution in [0, 0.1) is 28.6 Å². The molecule has 4 aliphatic rings. The summed E-state index contributed by atoms with van der Waals surface area (Å²) < 4.78 is 62.2. The fraction of sp³-hybridized carbons (Fsp3) is 0.750. The Morgan fingerprint density at radius 1 is 1.18 bits per heavy atom. The van der Waals surface area contributed by atoms with Gasteiger partial charge in [-0.25, -0.2) is 22.8 Å². The molecule has 0 aromatic heterocycles. The molecule has 212 valence electrons. The second kappa shape index (κ2) is 9.68. The molecule has 0 heterocycles. The van der Waals surface area contributed by atoms with Crippen molar-refractivity contribution in [3.8, 4) is 0 Å². The molecule has 1 N–H and O–H groups in total. The predicted molar refractivity (Wildman–Crippen MR) is 130 cm³/mol. The predicted octanol–water partition coefficient (Wildman–Crippen LogP) is 5.10. The van der Waals surface area contributed by atoms with Crippen molar-refractivity contribution in [2.75, 3.05) is 6.86 Å². The van der Waals surface area contributed by atoms with Crippen molar-refractivity contribution in [1.82, 2.24) is 0 Å². The lowest BCUT2D eigenvalue weighted by atomic mass is 9.44. The number of rotatable bonds is 6. The third-order valence-corrected chi connectivity index (χ3v) is 10.1. The van der Waals surface area contributed by atoms with Gasteiger partial charge < -0.3 is 19.3 Å². The normalized spacial score (nSPS) is 43.6. The molecule has 4 rings (SSSR count). The number of ether oxygens (including phenoxy) is 3. The first-order valence-electron chi connectivity index (χ1n) is 13.4. The number of ketones is 1. The van der Waals surface area contributed by atoms with Crippen LogP contribution < -0.4 is 0 Å². The van der Waals surface area contributed by atoms with Crippen LogP contribution in [0.3, 0.4) is 0 Å². The van der Waals surface area contributed by atoms with Gasteiger partial charge in [-0.05, 0) is 62.7 Å². The number of alkyl halides is 3. The van der Waals surface area contributed by atoms with Crippen LogP contribution >= 0.6 is 0 Å². The van der Waals surface area contributed by atoms with Crippen molar-refractivity contribution >= 4 is 17.9 Å². The Hall–Kier alpha value is -2.36. The minimum atomic E-state index is -2.38. The summed E-state index contributed by atoms with van der Waals surface area (Å²) in [6, 6.07) is 0. The van der Waals surface area contributed by atoms with E-state index in [4.69, 9.17) is 14.2 Å². The van der Waals surface area contributed by atoms with E-state index < -0.39 is 83.0 Å². The zero-order valence-electron chi connectivity index (χ0n) is 22.5. The quantitative estimate of drug-likeness (QED) is 0.466. The lowest BCUT2D eigenvalue weighted by Gasteiger charge is -2.62. The van der Waals surface area contributed by atoms with Crippen LogP contribution in [0.25, 0.3) is 0 Å². The highest BCUT2D eigenvalue weighted by atomic mass is 19.1. The molecule has 9 atom stereocenters. The fourth-order valence-electron chi connectivity index (χ4n) is 8.12. The summed E-state index contributed by atoms with van der Waals surface area (Å²) >= 11 is 0. The molecule has 0 spiro atoms. The van der Waals surface area contributed by atoms with E-state index in [2.05, 4.69) is 0 Å². The van der Waals surface area contributed by atoms with Crippen molar-refractivity contribution in [3.05, 3.63) is 23.8 Å². The molecule has 4 aliphatic carbocycles. The van der Waals surface area contributed by atoms with E-state index in [1.807, 2.05) is 13.8 Å². The fourth-order valence-corrected chi connectivity index (χ4v) is 8.12. The molecule has 7 nitrogen and oxygen atoms in total. The van der Waals surface area contributed by atoms with E-state index in [0.717, 1.165) is 6.08 Å². The standard InChI is InChI=1S/C28H37F3O7/c1-6-17(7-2)37-24(35)38-28(23(34)36-14-29)15(3)10-18-19-12-21(30)20-11-16(32)8-9-25(20,4)27(19,31)22(33)13-26(18,28)5/h8-9,11,15,17-19,21-22,33H,6-7,10,12-14H2,1-5H3/t15-,18+,19?,21+,22+,25?,26?,27+,28+/m1/s1. The van der Waals surface area contributed by atoms with Crippen LogP contribution in [-0.2, 0) is 23.8 Å². The molecule has 0 amide bonds. The molecule has 3 saturated carbocycles. The van der Waals surface area contributed by atoms with E-state index in [-0.39, 0.29) is 24.8 Å². The minimum absolute atomic E-state index is 0.0226. The summed E-state index contributed by atoms with van der Waals surface area (Å²) in [5, 5.41) is 11.5. The van der Waals surface area contributed by atoms with Gasteiger partial charge in [-0.3, -0.25) is 4.79 Å². The lowest BCUT2D eigenvalue weighted by molar-refractivity contribution is -0.235. The summed E-state index contributed by atoms with van der Waals surface area (Å²) in [4.78, 5) is 38.4. The molecule has 0 radical (unpaired) electrons. The molecule has 0 aromatic carbocycles. The first-order valence-corrected chi connectivity index (χ1v) is 13.4. The van der Waals surface area contributed by atoms with Crippen LogP contribution in [0.5, 0.6) is 0 Å². The highest BCUT2D eigenvalue weighted by Crippen LogP contribution is 2.71. The molecule has 0 aromatic rings. The van der Waals surface area contributed by atoms with E-state index in [9.17, 15) is 23.9 Å². The van der Waals surface area contributed by atoms with Gasteiger partial charge in [0.2, 0.25) is 12.5 Å². The number of allylic oxidation sites excluding steroid dienone is 4. The number of carbonyl (C=O) groups is 3. The Balaban J connectivity index is 1.81. The SMILES string of the molecule is CCC(CC)OC(=O)O[C@]1(C(=O)OCF)[C@H](C)C[C@H]2C3C[C@H](F)C4=CC(=O)C=CC4(C)[C@@]3(F)[C@@H](O)CC21C. The number of esters is 1. The topological polar surface area (TPSA) is 99.1 Å². The van der Waals surface area contributed by atoms with Gasteiger partial charge in [-0.2, -0.15) is 0 Å². The van der Waals surface area contributed by atoms with E-state index in [1.54, 1.807) is 13.8 Å². The average molecular weight is 543 g/mol. The zero-order chi connectivity index (χ0) is 28.3. The summed E-state index contributed by atoms with van der Waals surface area (Å²) in [5.74, 6) is -4.25. The van der Waals surface area contributed by atoms with Gasteiger partial charge in [0, 0.05) is 22.7 Å². The molecule has 3 unspecified atom stereocenters. The Bertz CT molecular complexity index is 1060. The Morgan fingerprint density at radius 2 is 1.84 bits per heavy atom. The van der Waals surface area contributed by atoms with Crippen molar-refractivity contribution in [2.24, 2.45) is 28.6 Å². The van der Waals surface area contributed by atoms with Crippen LogP contribution in [-0.4, -0.2) is 59.5 Å². The van der Waals surface area contributed by atoms with E-state index in [1.165, 1.54) is 19.1 Å². The van der Waals surface area contributed by atoms with Crippen molar-refractivity contribution in [1.29, 1.82) is 0 Å². The van der Waals surface area contributed by atoms with Crippen molar-refractivity contribution in [2.45, 2.75) is 96.4 Å². The first kappa shape index (κ1) is 28.6. The first-order chi connectivity index (χ1) is 17.8. The van der Waals surface area contributed by atoms with Crippen LogP contribution in [0.1, 0.15) is 66.7 Å². The number of hydrogen-bond acceptors (Lipinski definition) is 7. The number of aliphatic hydroxyl groups is 1. The van der Waals surface area contributed by atoms with Crippen LogP contribution in [0.15, 0.2) is 23.8 Å². The van der Waals surface area contributed by atoms with Gasteiger partial charge in [-0.1, -0.05) is 33.8 Å². The van der Waals surface area contributed by atoms with E-state index in [0.29, 0.717) is 12.8 Å². The Labute approximate surface area is 220 Å². The van der Waals surface area contributed by atoms with Gasteiger partial charge in [0.05, 0.1) is 6.10 Å². The maximum atomic E-state index is 17.4. The van der Waals surface area contributed by atoms with Gasteiger partial charge >= 0.3 is 12.1 Å². The maximum absolute atomic E-state index is 17.4. The van der Waals surface area contributed by atoms with Gasteiger partial charge in [0.25, 0.3) is 0 Å². The number of halogens is 3. The molecule has 0 bridgehead atoms. The summed E-state index contributed by atoms with van der Waals surface area (Å²) in [7, 11) is 0.